The van der Waals surface area contributed by atoms with Crippen molar-refractivity contribution in [1.82, 2.24) is 19.5 Å². The van der Waals surface area contributed by atoms with Gasteiger partial charge in [0.1, 0.15) is 5.60 Å². The Morgan fingerprint density at radius 1 is 1.36 bits per heavy atom. The number of aromatic nitrogens is 4. The normalized spacial score (nSPS) is 40.1. The second-order valence-corrected chi connectivity index (χ2v) is 6.25. The number of aliphatic hydroxyl groups excluding tert-OH is 3. The lowest BCUT2D eigenvalue weighted by molar-refractivity contribution is -0.136. The number of aromatic amines is 1. The fourth-order valence-electron chi connectivity index (χ4n) is 4.05. The summed E-state index contributed by atoms with van der Waals surface area (Å²) in [6.45, 7) is -0.946. The van der Waals surface area contributed by atoms with Crippen molar-refractivity contribution >= 4 is 11.2 Å². The van der Waals surface area contributed by atoms with E-state index < -0.39 is 35.3 Å². The predicted octanol–water partition coefficient (Wildman–Crippen LogP) is -2.24. The van der Waals surface area contributed by atoms with Gasteiger partial charge in [0.05, 0.1) is 38.0 Å². The SMILES string of the molecule is O=c1[nH]cnc2c1ncn2[C@@H]1C2C[C@@]2(CO)C(O)C1(O)CO. The highest BCUT2D eigenvalue weighted by atomic mass is 16.4. The van der Waals surface area contributed by atoms with E-state index in [1.165, 1.54) is 17.2 Å². The molecule has 0 spiro atoms. The molecule has 0 amide bonds. The van der Waals surface area contributed by atoms with Gasteiger partial charge in [-0.05, 0) is 12.3 Å². The molecule has 9 nitrogen and oxygen atoms in total. The van der Waals surface area contributed by atoms with Crippen LogP contribution >= 0.6 is 0 Å². The van der Waals surface area contributed by atoms with Crippen LogP contribution in [0.4, 0.5) is 0 Å². The van der Waals surface area contributed by atoms with Crippen LogP contribution in [0.15, 0.2) is 17.4 Å². The van der Waals surface area contributed by atoms with Crippen molar-refractivity contribution in [3.63, 3.8) is 0 Å². The van der Waals surface area contributed by atoms with E-state index in [0.29, 0.717) is 6.42 Å². The molecular formula is C13H16N4O5. The van der Waals surface area contributed by atoms with Gasteiger partial charge in [-0.1, -0.05) is 0 Å². The van der Waals surface area contributed by atoms with E-state index in [0.717, 1.165) is 0 Å². The molecule has 0 saturated heterocycles. The van der Waals surface area contributed by atoms with Gasteiger partial charge >= 0.3 is 0 Å². The number of nitrogens with one attached hydrogen (secondary N) is 1. The molecule has 2 aliphatic carbocycles. The molecular weight excluding hydrogens is 292 g/mol. The molecule has 5 atom stereocenters. The summed E-state index contributed by atoms with van der Waals surface area (Å²) in [5.41, 5.74) is -2.64. The predicted molar refractivity (Wildman–Crippen MR) is 72.9 cm³/mol. The minimum absolute atomic E-state index is 0.124. The van der Waals surface area contributed by atoms with Crippen LogP contribution in [0.5, 0.6) is 0 Å². The number of fused-ring (bicyclic) bond motifs is 2. The van der Waals surface area contributed by atoms with E-state index in [1.807, 2.05) is 0 Å². The summed E-state index contributed by atoms with van der Waals surface area (Å²) in [5.74, 6) is -0.219. The molecule has 2 saturated carbocycles. The van der Waals surface area contributed by atoms with Gasteiger partial charge in [0.15, 0.2) is 11.2 Å². The Labute approximate surface area is 123 Å². The lowest BCUT2D eigenvalue weighted by Crippen LogP contribution is -2.52. The van der Waals surface area contributed by atoms with Gasteiger partial charge in [-0.25, -0.2) is 9.97 Å². The zero-order chi connectivity index (χ0) is 15.7. The largest absolute Gasteiger partial charge is 0.396 e. The van der Waals surface area contributed by atoms with Crippen molar-refractivity contribution in [3.05, 3.63) is 23.0 Å². The Hall–Kier alpha value is -1.81. The summed E-state index contributed by atoms with van der Waals surface area (Å²) in [6, 6.07) is -0.709. The molecule has 2 aromatic heterocycles. The Balaban J connectivity index is 1.91. The standard InChI is InChI=1S/C13H16N4O5/c18-2-12-1-6(12)8(13(22,3-19)11(12)21)17-5-16-7-9(17)14-4-15-10(7)20/h4-6,8,11,18-19,21-22H,1-3H2,(H,14,15,20)/t6?,8-,11?,12+,13?/m1/s1. The topological polar surface area (TPSA) is 144 Å². The van der Waals surface area contributed by atoms with Crippen LogP contribution in [0.25, 0.3) is 11.2 Å². The van der Waals surface area contributed by atoms with E-state index in [9.17, 15) is 25.2 Å². The van der Waals surface area contributed by atoms with E-state index in [1.54, 1.807) is 0 Å². The number of rotatable bonds is 3. The first-order valence-corrected chi connectivity index (χ1v) is 7.02. The van der Waals surface area contributed by atoms with Crippen molar-refractivity contribution < 1.29 is 20.4 Å². The highest BCUT2D eigenvalue weighted by Gasteiger charge is 2.76. The third-order valence-electron chi connectivity index (χ3n) is 5.30. The highest BCUT2D eigenvalue weighted by molar-refractivity contribution is 5.69. The average molecular weight is 308 g/mol. The molecule has 22 heavy (non-hydrogen) atoms. The van der Waals surface area contributed by atoms with Gasteiger partial charge in [0, 0.05) is 5.41 Å². The summed E-state index contributed by atoms with van der Waals surface area (Å²) in [4.78, 5) is 22.2. The van der Waals surface area contributed by atoms with Gasteiger partial charge < -0.3 is 30.0 Å². The summed E-state index contributed by atoms with van der Waals surface area (Å²) in [7, 11) is 0. The fourth-order valence-corrected chi connectivity index (χ4v) is 4.05. The van der Waals surface area contributed by atoms with E-state index in [-0.39, 0.29) is 23.7 Å². The minimum atomic E-state index is -1.82. The first-order chi connectivity index (χ1) is 10.5. The van der Waals surface area contributed by atoms with Crippen LogP contribution < -0.4 is 5.56 Å². The van der Waals surface area contributed by atoms with Crippen molar-refractivity contribution in [3.8, 4) is 0 Å². The van der Waals surface area contributed by atoms with Crippen LogP contribution in [-0.2, 0) is 0 Å². The molecule has 0 bridgehead atoms. The number of aliphatic hydroxyl groups is 4. The molecule has 2 fully saturated rings. The molecule has 4 rings (SSSR count). The van der Waals surface area contributed by atoms with Gasteiger partial charge in [-0.2, -0.15) is 0 Å². The zero-order valence-corrected chi connectivity index (χ0v) is 11.5. The number of hydrogen-bond acceptors (Lipinski definition) is 7. The van der Waals surface area contributed by atoms with Crippen LogP contribution in [0.2, 0.25) is 0 Å². The van der Waals surface area contributed by atoms with Crippen LogP contribution in [-0.4, -0.2) is 64.9 Å². The molecule has 0 aliphatic heterocycles. The molecule has 2 aromatic rings. The maximum atomic E-state index is 11.7. The summed E-state index contributed by atoms with van der Waals surface area (Å²) in [5, 5.41) is 40.4. The van der Waals surface area contributed by atoms with Crippen molar-refractivity contribution in [2.45, 2.75) is 24.2 Å². The Bertz CT molecular complexity index is 803. The molecule has 2 heterocycles. The monoisotopic (exact) mass is 308 g/mol. The van der Waals surface area contributed by atoms with E-state index >= 15 is 0 Å². The number of imidazole rings is 1. The molecule has 118 valence electrons. The average Bonchev–Trinajstić information content (AvgIpc) is 3.04. The highest BCUT2D eigenvalue weighted by Crippen LogP contribution is 2.70. The molecule has 0 aromatic carbocycles. The summed E-state index contributed by atoms with van der Waals surface area (Å²) >= 11 is 0. The van der Waals surface area contributed by atoms with E-state index in [2.05, 4.69) is 15.0 Å². The third kappa shape index (κ3) is 1.39. The maximum absolute atomic E-state index is 11.7. The Morgan fingerprint density at radius 2 is 2.14 bits per heavy atom. The smallest absolute Gasteiger partial charge is 0.278 e. The van der Waals surface area contributed by atoms with Gasteiger partial charge in [0.2, 0.25) is 0 Å². The first kappa shape index (κ1) is 13.8. The van der Waals surface area contributed by atoms with Crippen molar-refractivity contribution in [1.29, 1.82) is 0 Å². The van der Waals surface area contributed by atoms with Crippen LogP contribution in [0, 0.1) is 11.3 Å². The van der Waals surface area contributed by atoms with Crippen LogP contribution in [0.3, 0.4) is 0 Å². The molecule has 5 N–H and O–H groups in total. The molecule has 2 aliphatic rings. The van der Waals surface area contributed by atoms with Gasteiger partial charge in [-0.3, -0.25) is 4.79 Å². The van der Waals surface area contributed by atoms with Gasteiger partial charge in [-0.15, -0.1) is 0 Å². The molecule has 3 unspecified atom stereocenters. The lowest BCUT2D eigenvalue weighted by atomic mass is 9.88. The minimum Gasteiger partial charge on any atom is -0.396 e. The Kier molecular flexibility index (Phi) is 2.60. The molecule has 0 radical (unpaired) electrons. The number of H-pyrrole nitrogens is 1. The third-order valence-corrected chi connectivity index (χ3v) is 5.30. The summed E-state index contributed by atoms with van der Waals surface area (Å²) in [6.07, 6.45) is 1.87. The lowest BCUT2D eigenvalue weighted by Gasteiger charge is -2.35. The zero-order valence-electron chi connectivity index (χ0n) is 11.5. The fraction of sp³-hybridized carbons (Fsp3) is 0.615. The number of hydrogen-bond donors (Lipinski definition) is 5. The number of nitrogens with zero attached hydrogens (tertiary/aromatic N) is 3. The van der Waals surface area contributed by atoms with Crippen LogP contribution in [0.1, 0.15) is 12.5 Å². The first-order valence-electron chi connectivity index (χ1n) is 7.02. The quantitative estimate of drug-likeness (QED) is 0.431. The second kappa shape index (κ2) is 4.13. The van der Waals surface area contributed by atoms with Gasteiger partial charge in [0.25, 0.3) is 5.56 Å². The second-order valence-electron chi connectivity index (χ2n) is 6.25. The molecule has 9 heteroatoms. The Morgan fingerprint density at radius 3 is 2.82 bits per heavy atom. The maximum Gasteiger partial charge on any atom is 0.278 e. The van der Waals surface area contributed by atoms with E-state index in [4.69, 9.17) is 0 Å². The van der Waals surface area contributed by atoms with Crippen molar-refractivity contribution in [2.75, 3.05) is 13.2 Å². The van der Waals surface area contributed by atoms with Crippen molar-refractivity contribution in [2.24, 2.45) is 11.3 Å². The summed E-state index contributed by atoms with van der Waals surface area (Å²) < 4.78 is 1.51.